The average molecular weight is 204 g/mol. The molecular formula is C12H12O3. The molecule has 0 aliphatic heterocycles. The highest BCUT2D eigenvalue weighted by atomic mass is 16.5. The van der Waals surface area contributed by atoms with Crippen LogP contribution in [0, 0.1) is 17.3 Å². The quantitative estimate of drug-likeness (QED) is 0.367. The summed E-state index contributed by atoms with van der Waals surface area (Å²) in [7, 11) is 1.33. The van der Waals surface area contributed by atoms with E-state index >= 15 is 0 Å². The van der Waals surface area contributed by atoms with Crippen LogP contribution in [0.5, 0.6) is 0 Å². The summed E-state index contributed by atoms with van der Waals surface area (Å²) in [5.74, 6) is -0.0759. The lowest BCUT2D eigenvalue weighted by Crippen LogP contribution is -2.11. The molecule has 2 atom stereocenters. The fourth-order valence-electron chi connectivity index (χ4n) is 3.01. The zero-order chi connectivity index (χ0) is 10.6. The molecule has 3 rings (SSSR count). The first-order valence-corrected chi connectivity index (χ1v) is 5.21. The molecule has 0 radical (unpaired) electrons. The summed E-state index contributed by atoms with van der Waals surface area (Å²) in [4.78, 5) is 23.1. The van der Waals surface area contributed by atoms with Crippen LogP contribution in [0.25, 0.3) is 0 Å². The molecule has 2 bridgehead atoms. The van der Waals surface area contributed by atoms with Gasteiger partial charge in [-0.15, -0.1) is 0 Å². The first-order valence-electron chi connectivity index (χ1n) is 5.21. The average Bonchev–Trinajstić information content (AvgIpc) is 2.88. The predicted molar refractivity (Wildman–Crippen MR) is 52.9 cm³/mol. The van der Waals surface area contributed by atoms with E-state index in [2.05, 4.69) is 10.8 Å². The third-order valence-corrected chi connectivity index (χ3v) is 3.94. The molecule has 2 saturated carbocycles. The van der Waals surface area contributed by atoms with Gasteiger partial charge in [0.05, 0.1) is 7.11 Å². The van der Waals surface area contributed by atoms with Crippen molar-refractivity contribution in [1.29, 1.82) is 0 Å². The fraction of sp³-hybridized carbons (Fsp3) is 0.500. The number of allylic oxidation sites excluding steroid dienone is 3. The van der Waals surface area contributed by atoms with Crippen LogP contribution in [0.2, 0.25) is 0 Å². The van der Waals surface area contributed by atoms with Crippen LogP contribution in [0.4, 0.5) is 0 Å². The van der Waals surface area contributed by atoms with Gasteiger partial charge >= 0.3 is 5.97 Å². The Labute approximate surface area is 87.8 Å². The number of methoxy groups -OCH3 is 1. The summed E-state index contributed by atoms with van der Waals surface area (Å²) >= 11 is 0. The molecule has 0 aromatic heterocycles. The Bertz CT molecular complexity index is 413. The molecule has 15 heavy (non-hydrogen) atoms. The number of esters is 1. The zero-order valence-corrected chi connectivity index (χ0v) is 8.53. The standard InChI is InChI=1S/C12H12O3/c1-15-10(13)6-7-8-2-3-9(11(7)14)12(8)4-5-12/h2-3,6,8-9H,4-5H2,1H3/b7-6-/t8-,9+/m1/s1. The van der Waals surface area contributed by atoms with Crippen molar-refractivity contribution in [2.24, 2.45) is 17.3 Å². The van der Waals surface area contributed by atoms with Crippen molar-refractivity contribution in [3.63, 3.8) is 0 Å². The lowest BCUT2D eigenvalue weighted by Gasteiger charge is -2.10. The monoisotopic (exact) mass is 204 g/mol. The van der Waals surface area contributed by atoms with Crippen molar-refractivity contribution in [2.75, 3.05) is 7.11 Å². The van der Waals surface area contributed by atoms with Gasteiger partial charge in [-0.3, -0.25) is 4.79 Å². The lowest BCUT2D eigenvalue weighted by molar-refractivity contribution is -0.135. The number of Topliss-reactive ketones (excluding diaryl/α,β-unsaturated/α-hetero) is 1. The Balaban J connectivity index is 2.00. The van der Waals surface area contributed by atoms with Crippen LogP contribution in [-0.2, 0) is 14.3 Å². The molecule has 1 spiro atoms. The largest absolute Gasteiger partial charge is 0.466 e. The second-order valence-electron chi connectivity index (χ2n) is 4.56. The molecule has 3 heteroatoms. The van der Waals surface area contributed by atoms with Crippen molar-refractivity contribution < 1.29 is 14.3 Å². The second-order valence-corrected chi connectivity index (χ2v) is 4.56. The normalized spacial score (nSPS) is 36.6. The van der Waals surface area contributed by atoms with Crippen LogP contribution in [0.1, 0.15) is 12.8 Å². The van der Waals surface area contributed by atoms with Gasteiger partial charge in [0.2, 0.25) is 0 Å². The van der Waals surface area contributed by atoms with Crippen LogP contribution < -0.4 is 0 Å². The lowest BCUT2D eigenvalue weighted by atomic mass is 9.92. The Morgan fingerprint density at radius 3 is 2.67 bits per heavy atom. The van der Waals surface area contributed by atoms with Gasteiger partial charge in [0.1, 0.15) is 0 Å². The Kier molecular flexibility index (Phi) is 1.54. The van der Waals surface area contributed by atoms with E-state index in [4.69, 9.17) is 0 Å². The first-order chi connectivity index (χ1) is 7.19. The van der Waals surface area contributed by atoms with E-state index in [0.29, 0.717) is 5.57 Å². The Morgan fingerprint density at radius 2 is 2.13 bits per heavy atom. The number of rotatable bonds is 1. The van der Waals surface area contributed by atoms with Crippen LogP contribution in [0.15, 0.2) is 23.8 Å². The molecule has 2 fully saturated rings. The molecule has 0 N–H and O–H groups in total. The fourth-order valence-corrected chi connectivity index (χ4v) is 3.01. The SMILES string of the molecule is COC(=O)/C=C1\C(=O)[C@@H]2C=C[C@H]1C21CC1. The molecule has 78 valence electrons. The van der Waals surface area contributed by atoms with E-state index in [1.165, 1.54) is 13.2 Å². The maximum absolute atomic E-state index is 11.9. The molecule has 3 aliphatic carbocycles. The number of carbonyl (C=O) groups excluding carboxylic acids is 2. The minimum absolute atomic E-state index is 0.0402. The molecule has 3 aliphatic rings. The molecule has 0 heterocycles. The summed E-state index contributed by atoms with van der Waals surface area (Å²) < 4.78 is 4.57. The van der Waals surface area contributed by atoms with Crippen LogP contribution in [0.3, 0.4) is 0 Å². The van der Waals surface area contributed by atoms with E-state index in [1.54, 1.807) is 0 Å². The molecule has 0 saturated heterocycles. The van der Waals surface area contributed by atoms with E-state index in [1.807, 2.05) is 6.08 Å². The van der Waals surface area contributed by atoms with E-state index in [9.17, 15) is 9.59 Å². The van der Waals surface area contributed by atoms with E-state index in [0.717, 1.165) is 12.8 Å². The minimum Gasteiger partial charge on any atom is -0.466 e. The van der Waals surface area contributed by atoms with Gasteiger partial charge in [-0.25, -0.2) is 4.79 Å². The molecule has 0 amide bonds. The van der Waals surface area contributed by atoms with Crippen LogP contribution in [-0.4, -0.2) is 18.9 Å². The number of hydrogen-bond donors (Lipinski definition) is 0. The molecule has 3 nitrogen and oxygen atoms in total. The predicted octanol–water partition coefficient (Wildman–Crippen LogP) is 1.25. The van der Waals surface area contributed by atoms with E-state index < -0.39 is 5.97 Å². The maximum atomic E-state index is 11.9. The van der Waals surface area contributed by atoms with Crippen molar-refractivity contribution in [3.8, 4) is 0 Å². The van der Waals surface area contributed by atoms with Gasteiger partial charge in [-0.05, 0) is 18.3 Å². The summed E-state index contributed by atoms with van der Waals surface area (Å²) in [5.41, 5.74) is 0.823. The van der Waals surface area contributed by atoms with Gasteiger partial charge in [0.25, 0.3) is 0 Å². The van der Waals surface area contributed by atoms with Gasteiger partial charge in [-0.2, -0.15) is 0 Å². The zero-order valence-electron chi connectivity index (χ0n) is 8.53. The minimum atomic E-state index is -0.421. The van der Waals surface area contributed by atoms with Gasteiger partial charge in [0.15, 0.2) is 5.78 Å². The highest BCUT2D eigenvalue weighted by molar-refractivity contribution is 6.08. The number of hydrogen-bond acceptors (Lipinski definition) is 3. The second kappa shape index (κ2) is 2.60. The third kappa shape index (κ3) is 0.954. The van der Waals surface area contributed by atoms with E-state index in [-0.39, 0.29) is 23.0 Å². The summed E-state index contributed by atoms with van der Waals surface area (Å²) in [6.45, 7) is 0. The third-order valence-electron chi connectivity index (χ3n) is 3.94. The number of ether oxygens (including phenoxy) is 1. The topological polar surface area (TPSA) is 43.4 Å². The molecule has 0 aromatic carbocycles. The van der Waals surface area contributed by atoms with Crippen LogP contribution >= 0.6 is 0 Å². The molecular weight excluding hydrogens is 192 g/mol. The maximum Gasteiger partial charge on any atom is 0.330 e. The molecule has 0 aromatic rings. The van der Waals surface area contributed by atoms with Gasteiger partial charge < -0.3 is 4.74 Å². The van der Waals surface area contributed by atoms with Crippen molar-refractivity contribution in [2.45, 2.75) is 12.8 Å². The number of ketones is 1. The van der Waals surface area contributed by atoms with Crippen molar-refractivity contribution >= 4 is 11.8 Å². The first kappa shape index (κ1) is 8.89. The smallest absolute Gasteiger partial charge is 0.330 e. The van der Waals surface area contributed by atoms with Crippen molar-refractivity contribution in [3.05, 3.63) is 23.8 Å². The summed E-state index contributed by atoms with van der Waals surface area (Å²) in [6, 6.07) is 0. The summed E-state index contributed by atoms with van der Waals surface area (Å²) in [6.07, 6.45) is 7.68. The highest BCUT2D eigenvalue weighted by Crippen LogP contribution is 2.68. The highest BCUT2D eigenvalue weighted by Gasteiger charge is 2.65. The Morgan fingerprint density at radius 1 is 1.47 bits per heavy atom. The van der Waals surface area contributed by atoms with Gasteiger partial charge in [0, 0.05) is 23.5 Å². The van der Waals surface area contributed by atoms with Gasteiger partial charge in [-0.1, -0.05) is 12.2 Å². The summed E-state index contributed by atoms with van der Waals surface area (Å²) in [5, 5.41) is 0. The van der Waals surface area contributed by atoms with Crippen molar-refractivity contribution in [1.82, 2.24) is 0 Å². The molecule has 0 unspecified atom stereocenters. The number of carbonyl (C=O) groups is 2. The Hall–Kier alpha value is -1.38.